The normalized spacial score (nSPS) is 14.1. The maximum absolute atomic E-state index is 10.0. The second-order valence-corrected chi connectivity index (χ2v) is 8.55. The van der Waals surface area contributed by atoms with Crippen LogP contribution in [-0.4, -0.2) is 45.1 Å². The molecule has 1 aliphatic rings. The van der Waals surface area contributed by atoms with Gasteiger partial charge in [-0.3, -0.25) is 0 Å². The quantitative estimate of drug-likeness (QED) is 0.244. The molecular formula is C28H23N5O5. The maximum Gasteiger partial charge on any atom is 0.228 e. The fourth-order valence-corrected chi connectivity index (χ4v) is 4.53. The van der Waals surface area contributed by atoms with E-state index in [0.29, 0.717) is 34.6 Å². The fourth-order valence-electron chi connectivity index (χ4n) is 4.53. The molecule has 0 bridgehead atoms. The number of hydrogen-bond acceptors (Lipinski definition) is 9. The zero-order chi connectivity index (χ0) is 26.1. The molecule has 0 amide bonds. The van der Waals surface area contributed by atoms with E-state index in [2.05, 4.69) is 15.2 Å². The van der Waals surface area contributed by atoms with E-state index in [1.165, 1.54) is 0 Å². The van der Waals surface area contributed by atoms with Gasteiger partial charge >= 0.3 is 0 Å². The van der Waals surface area contributed by atoms with E-state index in [0.717, 1.165) is 22.3 Å². The van der Waals surface area contributed by atoms with Gasteiger partial charge in [0.05, 0.1) is 26.0 Å². The van der Waals surface area contributed by atoms with E-state index in [1.807, 2.05) is 42.5 Å². The van der Waals surface area contributed by atoms with Crippen molar-refractivity contribution in [1.29, 1.82) is 0 Å². The molecule has 3 heterocycles. The van der Waals surface area contributed by atoms with Crippen molar-refractivity contribution < 1.29 is 24.2 Å². The molecule has 1 aliphatic heterocycles. The molecule has 0 saturated heterocycles. The van der Waals surface area contributed by atoms with Crippen LogP contribution in [0.5, 0.6) is 28.9 Å². The number of benzene rings is 3. The number of phenols is 1. The van der Waals surface area contributed by atoms with Gasteiger partial charge in [0, 0.05) is 23.1 Å². The molecule has 0 aliphatic carbocycles. The Morgan fingerprint density at radius 2 is 1.87 bits per heavy atom. The summed E-state index contributed by atoms with van der Waals surface area (Å²) < 4.78 is 18.3. The molecule has 6 rings (SSSR count). The fraction of sp³-hybridized carbons (Fsp3) is 0.143. The number of phenolic OH excluding ortho intramolecular Hbond substituents is 1. The Morgan fingerprint density at radius 3 is 2.68 bits per heavy atom. The van der Waals surface area contributed by atoms with Crippen molar-refractivity contribution in [1.82, 2.24) is 19.6 Å². The summed E-state index contributed by atoms with van der Waals surface area (Å²) in [5.74, 6) is 2.54. The molecule has 0 spiro atoms. The molecule has 0 unspecified atom stereocenters. The van der Waals surface area contributed by atoms with E-state index in [4.69, 9.17) is 24.0 Å². The van der Waals surface area contributed by atoms with Crippen molar-refractivity contribution in [2.75, 3.05) is 14.2 Å². The predicted octanol–water partition coefficient (Wildman–Crippen LogP) is 4.68. The average molecular weight is 510 g/mol. The first-order chi connectivity index (χ1) is 18.6. The SMILES string of the molecule is COc1ccc(/C=N\OCc2nc3c4c(ncn3n2)Oc2cc(O)ccc2[C@@H]4c2ccccc2)cc1OC. The molecule has 3 aromatic carbocycles. The molecule has 10 heteroatoms. The van der Waals surface area contributed by atoms with E-state index < -0.39 is 0 Å². The summed E-state index contributed by atoms with van der Waals surface area (Å²) in [7, 11) is 3.16. The van der Waals surface area contributed by atoms with Crippen LogP contribution in [0.3, 0.4) is 0 Å². The van der Waals surface area contributed by atoms with E-state index >= 15 is 0 Å². The van der Waals surface area contributed by atoms with Crippen molar-refractivity contribution in [3.8, 4) is 28.9 Å². The van der Waals surface area contributed by atoms with Crippen LogP contribution in [0.1, 0.15) is 34.0 Å². The third-order valence-corrected chi connectivity index (χ3v) is 6.24. The third kappa shape index (κ3) is 4.21. The van der Waals surface area contributed by atoms with Crippen LogP contribution in [0.15, 0.2) is 78.2 Å². The van der Waals surface area contributed by atoms with Gasteiger partial charge in [0.2, 0.25) is 5.88 Å². The Morgan fingerprint density at radius 1 is 1.03 bits per heavy atom. The first-order valence-electron chi connectivity index (χ1n) is 11.8. The molecule has 10 nitrogen and oxygen atoms in total. The average Bonchev–Trinajstić information content (AvgIpc) is 3.37. The van der Waals surface area contributed by atoms with Crippen LogP contribution in [0.2, 0.25) is 0 Å². The van der Waals surface area contributed by atoms with Gasteiger partial charge < -0.3 is 24.2 Å². The maximum atomic E-state index is 10.0. The van der Waals surface area contributed by atoms with Gasteiger partial charge in [0.15, 0.2) is 29.6 Å². The van der Waals surface area contributed by atoms with Gasteiger partial charge in [-0.1, -0.05) is 41.6 Å². The Kier molecular flexibility index (Phi) is 5.97. The van der Waals surface area contributed by atoms with E-state index in [9.17, 15) is 5.11 Å². The summed E-state index contributed by atoms with van der Waals surface area (Å²) in [6.45, 7) is 0.0571. The van der Waals surface area contributed by atoms with E-state index in [-0.39, 0.29) is 18.3 Å². The molecule has 1 atom stereocenters. The third-order valence-electron chi connectivity index (χ3n) is 6.24. The summed E-state index contributed by atoms with van der Waals surface area (Å²) in [6, 6.07) is 20.6. The van der Waals surface area contributed by atoms with E-state index in [1.54, 1.807) is 55.5 Å². The minimum absolute atomic E-state index is 0.0571. The molecule has 0 radical (unpaired) electrons. The van der Waals surface area contributed by atoms with Gasteiger partial charge in [-0.25, -0.2) is 14.5 Å². The molecule has 1 N–H and O–H groups in total. The molecule has 38 heavy (non-hydrogen) atoms. The Balaban J connectivity index is 1.30. The van der Waals surface area contributed by atoms with Gasteiger partial charge in [-0.2, -0.15) is 0 Å². The Labute approximate surface area is 217 Å². The van der Waals surface area contributed by atoms with Gasteiger partial charge in [0.25, 0.3) is 0 Å². The second-order valence-electron chi connectivity index (χ2n) is 8.55. The smallest absolute Gasteiger partial charge is 0.228 e. The molecular weight excluding hydrogens is 486 g/mol. The highest BCUT2D eigenvalue weighted by Gasteiger charge is 2.33. The van der Waals surface area contributed by atoms with Gasteiger partial charge in [0.1, 0.15) is 17.8 Å². The van der Waals surface area contributed by atoms with Crippen LogP contribution in [0.4, 0.5) is 0 Å². The lowest BCUT2D eigenvalue weighted by atomic mass is 9.84. The minimum Gasteiger partial charge on any atom is -0.508 e. The number of nitrogens with zero attached hydrogens (tertiary/aromatic N) is 5. The summed E-state index contributed by atoms with van der Waals surface area (Å²) in [5, 5.41) is 18.6. The second kappa shape index (κ2) is 9.74. The number of methoxy groups -OCH3 is 2. The zero-order valence-electron chi connectivity index (χ0n) is 20.6. The van der Waals surface area contributed by atoms with Crippen LogP contribution in [0, 0.1) is 0 Å². The van der Waals surface area contributed by atoms with Gasteiger partial charge in [-0.05, 0) is 29.8 Å². The minimum atomic E-state index is -0.215. The topological polar surface area (TPSA) is 113 Å². The van der Waals surface area contributed by atoms with Crippen LogP contribution in [0.25, 0.3) is 5.65 Å². The first-order valence-corrected chi connectivity index (χ1v) is 11.8. The molecule has 0 saturated carbocycles. The summed E-state index contributed by atoms with van der Waals surface area (Å²) in [4.78, 5) is 14.7. The number of ether oxygens (including phenoxy) is 3. The zero-order valence-corrected chi connectivity index (χ0v) is 20.6. The van der Waals surface area contributed by atoms with Crippen LogP contribution in [-0.2, 0) is 11.4 Å². The number of aromatic nitrogens is 4. The highest BCUT2D eigenvalue weighted by atomic mass is 16.6. The molecule has 0 fully saturated rings. The lowest BCUT2D eigenvalue weighted by molar-refractivity contribution is 0.126. The standard InChI is InChI=1S/C28H23N5O5/c1-35-21-11-8-17(12-23(21)36-2)14-30-37-15-24-31-27-26-25(18-6-4-3-5-7-18)20-10-9-19(34)13-22(20)38-28(26)29-16-33(27)32-24/h3-14,16,25,34H,15H2,1-2H3/b30-14-/t25-/m0/s1. The lowest BCUT2D eigenvalue weighted by Gasteiger charge is -2.27. The molecule has 2 aromatic heterocycles. The largest absolute Gasteiger partial charge is 0.508 e. The van der Waals surface area contributed by atoms with Crippen molar-refractivity contribution in [3.63, 3.8) is 0 Å². The monoisotopic (exact) mass is 509 g/mol. The first kappa shape index (κ1) is 23.3. The molecule has 190 valence electrons. The van der Waals surface area contributed by atoms with Gasteiger partial charge in [-0.15, -0.1) is 5.10 Å². The highest BCUT2D eigenvalue weighted by Crippen LogP contribution is 2.48. The predicted molar refractivity (Wildman–Crippen MR) is 138 cm³/mol. The van der Waals surface area contributed by atoms with Crippen molar-refractivity contribution >= 4 is 11.9 Å². The molecule has 5 aromatic rings. The number of hydrogen-bond donors (Lipinski definition) is 1. The van der Waals surface area contributed by atoms with Crippen molar-refractivity contribution in [2.24, 2.45) is 5.16 Å². The number of rotatable bonds is 7. The lowest BCUT2D eigenvalue weighted by Crippen LogP contribution is -2.14. The number of aromatic hydroxyl groups is 1. The Hall–Kier alpha value is -5.12. The summed E-state index contributed by atoms with van der Waals surface area (Å²) >= 11 is 0. The number of fused-ring (bicyclic) bond motifs is 4. The Bertz CT molecular complexity index is 1650. The van der Waals surface area contributed by atoms with Crippen LogP contribution >= 0.6 is 0 Å². The van der Waals surface area contributed by atoms with Crippen LogP contribution < -0.4 is 14.2 Å². The summed E-state index contributed by atoms with van der Waals surface area (Å²) in [5.41, 5.74) is 4.11. The highest BCUT2D eigenvalue weighted by molar-refractivity contribution is 5.80. The number of oxime groups is 1. The van der Waals surface area contributed by atoms with Crippen molar-refractivity contribution in [2.45, 2.75) is 12.5 Å². The summed E-state index contributed by atoms with van der Waals surface area (Å²) in [6.07, 6.45) is 3.13. The van der Waals surface area contributed by atoms with Crippen molar-refractivity contribution in [3.05, 3.63) is 101 Å².